The molecular weight excluding hydrogens is 438 g/mol. The zero-order valence-electron chi connectivity index (χ0n) is 18.8. The van der Waals surface area contributed by atoms with Crippen LogP contribution in [0.3, 0.4) is 0 Å². The molecule has 35 heavy (non-hydrogen) atoms. The van der Waals surface area contributed by atoms with E-state index in [0.717, 1.165) is 33.6 Å². The summed E-state index contributed by atoms with van der Waals surface area (Å²) in [5.74, 6) is 1.58. The summed E-state index contributed by atoms with van der Waals surface area (Å²) in [7, 11) is 0. The minimum atomic E-state index is -0.172. The highest BCUT2D eigenvalue weighted by molar-refractivity contribution is 5.68. The van der Waals surface area contributed by atoms with Gasteiger partial charge in [0.25, 0.3) is 0 Å². The lowest BCUT2D eigenvalue weighted by atomic mass is 9.84. The van der Waals surface area contributed by atoms with E-state index in [2.05, 4.69) is 27.2 Å². The Hall–Kier alpha value is -4.85. The third-order valence-electron chi connectivity index (χ3n) is 6.27. The maximum atomic E-state index is 6.45. The van der Waals surface area contributed by atoms with Crippen molar-refractivity contribution in [3.05, 3.63) is 114 Å². The molecule has 0 radical (unpaired) electrons. The van der Waals surface area contributed by atoms with E-state index in [1.54, 1.807) is 23.2 Å². The standard InChI is InChI=1S/C27H19N7O/c1-17-21-22(18-9-4-2-5-10-18)23-25-30-24(19-11-8-14-28-15-19)32-33(25)16-29-26(23)35-27(21)34(31-17)20-12-6-3-7-13-20/h2-16,22H,1H3. The van der Waals surface area contributed by atoms with Gasteiger partial charge in [-0.05, 0) is 36.8 Å². The van der Waals surface area contributed by atoms with Crippen LogP contribution in [0.1, 0.15) is 28.3 Å². The highest BCUT2D eigenvalue weighted by atomic mass is 16.5. The summed E-state index contributed by atoms with van der Waals surface area (Å²) in [5, 5.41) is 9.54. The first kappa shape index (κ1) is 19.6. The van der Waals surface area contributed by atoms with Gasteiger partial charge in [-0.1, -0.05) is 48.5 Å². The summed E-state index contributed by atoms with van der Waals surface area (Å²) in [6, 6.07) is 24.1. The van der Waals surface area contributed by atoms with Gasteiger partial charge in [0.05, 0.1) is 28.4 Å². The Morgan fingerprint density at radius 2 is 1.66 bits per heavy atom. The van der Waals surface area contributed by atoms with E-state index >= 15 is 0 Å². The summed E-state index contributed by atoms with van der Waals surface area (Å²) in [6.07, 6.45) is 5.13. The number of nitrogens with zero attached hydrogens (tertiary/aromatic N) is 7. The van der Waals surface area contributed by atoms with E-state index in [4.69, 9.17) is 14.8 Å². The van der Waals surface area contributed by atoms with Gasteiger partial charge in [0, 0.05) is 18.0 Å². The minimum absolute atomic E-state index is 0.172. The molecule has 0 bridgehead atoms. The molecule has 6 aromatic rings. The second kappa shape index (κ2) is 7.59. The van der Waals surface area contributed by atoms with Crippen LogP contribution in [0.2, 0.25) is 0 Å². The van der Waals surface area contributed by atoms with Crippen molar-refractivity contribution >= 4 is 5.65 Å². The van der Waals surface area contributed by atoms with Gasteiger partial charge in [0.15, 0.2) is 11.5 Å². The van der Waals surface area contributed by atoms with Crippen LogP contribution in [-0.2, 0) is 0 Å². The molecule has 8 heteroatoms. The Labute approximate surface area is 200 Å². The fourth-order valence-electron chi connectivity index (χ4n) is 4.72. The summed E-state index contributed by atoms with van der Waals surface area (Å²) in [6.45, 7) is 2.01. The molecule has 1 unspecified atom stereocenters. The van der Waals surface area contributed by atoms with E-state index in [9.17, 15) is 0 Å². The Kier molecular flexibility index (Phi) is 4.25. The summed E-state index contributed by atoms with van der Waals surface area (Å²) in [5.41, 5.74) is 6.31. The average molecular weight is 457 g/mol. The molecule has 4 aromatic heterocycles. The molecule has 0 saturated carbocycles. The number of hydrogen-bond acceptors (Lipinski definition) is 6. The molecule has 1 aliphatic rings. The number of para-hydroxylation sites is 1. The van der Waals surface area contributed by atoms with E-state index in [1.165, 1.54) is 0 Å². The number of ether oxygens (including phenoxy) is 1. The summed E-state index contributed by atoms with van der Waals surface area (Å²) in [4.78, 5) is 13.8. The number of aryl methyl sites for hydroxylation is 1. The fraction of sp³-hybridized carbons (Fsp3) is 0.0741. The largest absolute Gasteiger partial charge is 0.420 e. The molecule has 1 aliphatic heterocycles. The smallest absolute Gasteiger partial charge is 0.230 e. The quantitative estimate of drug-likeness (QED) is 0.373. The molecule has 2 aromatic carbocycles. The lowest BCUT2D eigenvalue weighted by Crippen LogP contribution is -2.16. The van der Waals surface area contributed by atoms with E-state index in [-0.39, 0.29) is 5.92 Å². The number of pyridine rings is 1. The predicted octanol–water partition coefficient (Wildman–Crippen LogP) is 4.97. The predicted molar refractivity (Wildman–Crippen MR) is 130 cm³/mol. The lowest BCUT2D eigenvalue weighted by molar-refractivity contribution is 0.402. The minimum Gasteiger partial charge on any atom is -0.420 e. The van der Waals surface area contributed by atoms with Crippen molar-refractivity contribution in [3.63, 3.8) is 0 Å². The number of rotatable bonds is 3. The van der Waals surface area contributed by atoms with Gasteiger partial charge < -0.3 is 4.74 Å². The number of fused-ring (bicyclic) bond motifs is 4. The van der Waals surface area contributed by atoms with Crippen LogP contribution in [0, 0.1) is 6.92 Å². The van der Waals surface area contributed by atoms with E-state index in [1.807, 2.05) is 72.3 Å². The van der Waals surface area contributed by atoms with Crippen LogP contribution < -0.4 is 4.74 Å². The maximum Gasteiger partial charge on any atom is 0.230 e. The summed E-state index contributed by atoms with van der Waals surface area (Å²) >= 11 is 0. The zero-order valence-corrected chi connectivity index (χ0v) is 18.8. The first-order valence-corrected chi connectivity index (χ1v) is 11.3. The normalized spacial score (nSPS) is 14.4. The van der Waals surface area contributed by atoms with Crippen molar-refractivity contribution in [2.45, 2.75) is 12.8 Å². The van der Waals surface area contributed by atoms with Crippen LogP contribution in [0.25, 0.3) is 22.7 Å². The van der Waals surface area contributed by atoms with Crippen LogP contribution in [0.4, 0.5) is 0 Å². The Bertz CT molecular complexity index is 1680. The fourth-order valence-corrected chi connectivity index (χ4v) is 4.72. The molecule has 0 spiro atoms. The second-order valence-electron chi connectivity index (χ2n) is 8.41. The van der Waals surface area contributed by atoms with Crippen molar-refractivity contribution in [2.75, 3.05) is 0 Å². The van der Waals surface area contributed by atoms with Crippen molar-refractivity contribution in [2.24, 2.45) is 0 Å². The lowest BCUT2D eigenvalue weighted by Gasteiger charge is -2.26. The Morgan fingerprint density at radius 3 is 2.43 bits per heavy atom. The van der Waals surface area contributed by atoms with Gasteiger partial charge in [-0.15, -0.1) is 5.10 Å². The van der Waals surface area contributed by atoms with Crippen LogP contribution in [0.15, 0.2) is 91.5 Å². The molecule has 1 atom stereocenters. The van der Waals surface area contributed by atoms with Gasteiger partial charge >= 0.3 is 0 Å². The SMILES string of the molecule is Cc1nn(-c2ccccc2)c2c1C(c1ccccc1)c1c(ncn3nc(-c4cccnc4)nc13)O2. The Morgan fingerprint density at radius 1 is 0.857 bits per heavy atom. The van der Waals surface area contributed by atoms with Crippen LogP contribution in [-0.4, -0.2) is 34.3 Å². The third-order valence-corrected chi connectivity index (χ3v) is 6.27. The van der Waals surface area contributed by atoms with E-state index < -0.39 is 0 Å². The molecule has 0 amide bonds. The Balaban J connectivity index is 1.50. The van der Waals surface area contributed by atoms with Crippen molar-refractivity contribution in [3.8, 4) is 28.8 Å². The number of benzene rings is 2. The van der Waals surface area contributed by atoms with Gasteiger partial charge in [0.1, 0.15) is 6.33 Å². The molecule has 0 saturated heterocycles. The average Bonchev–Trinajstić information content (AvgIpc) is 3.50. The van der Waals surface area contributed by atoms with Gasteiger partial charge in [0.2, 0.25) is 11.8 Å². The van der Waals surface area contributed by atoms with Crippen LogP contribution >= 0.6 is 0 Å². The van der Waals surface area contributed by atoms with Crippen molar-refractivity contribution in [1.82, 2.24) is 34.3 Å². The molecule has 0 N–H and O–H groups in total. The molecule has 7 rings (SSSR count). The van der Waals surface area contributed by atoms with Crippen molar-refractivity contribution in [1.29, 1.82) is 0 Å². The van der Waals surface area contributed by atoms with Gasteiger partial charge in [-0.25, -0.2) is 19.2 Å². The highest BCUT2D eigenvalue weighted by Gasteiger charge is 2.38. The van der Waals surface area contributed by atoms with Crippen molar-refractivity contribution < 1.29 is 4.74 Å². The first-order chi connectivity index (χ1) is 17.3. The first-order valence-electron chi connectivity index (χ1n) is 11.3. The zero-order chi connectivity index (χ0) is 23.4. The second-order valence-corrected chi connectivity index (χ2v) is 8.41. The topological polar surface area (TPSA) is 83.0 Å². The molecule has 5 heterocycles. The molecular formula is C27H19N7O. The molecule has 168 valence electrons. The van der Waals surface area contributed by atoms with E-state index in [0.29, 0.717) is 23.2 Å². The monoisotopic (exact) mass is 457 g/mol. The van der Waals surface area contributed by atoms with Crippen LogP contribution in [0.5, 0.6) is 11.8 Å². The third kappa shape index (κ3) is 3.03. The highest BCUT2D eigenvalue weighted by Crippen LogP contribution is 2.49. The number of hydrogen-bond donors (Lipinski definition) is 0. The molecule has 0 aliphatic carbocycles. The summed E-state index contributed by atoms with van der Waals surface area (Å²) < 4.78 is 10.0. The number of aromatic nitrogens is 7. The molecule has 0 fully saturated rings. The maximum absolute atomic E-state index is 6.45. The molecule has 8 nitrogen and oxygen atoms in total. The van der Waals surface area contributed by atoms with Gasteiger partial charge in [-0.3, -0.25) is 4.98 Å². The van der Waals surface area contributed by atoms with Gasteiger partial charge in [-0.2, -0.15) is 5.10 Å².